The molecule has 0 aliphatic carbocycles. The largest absolute Gasteiger partial charge is 0.374 e. The quantitative estimate of drug-likeness (QED) is 0.667. The first kappa shape index (κ1) is 9.14. The molecule has 0 aliphatic heterocycles. The first-order valence-corrected chi connectivity index (χ1v) is 3.81. The number of benzene rings is 1. The zero-order valence-corrected chi connectivity index (χ0v) is 7.08. The minimum Gasteiger partial charge on any atom is -0.374 e. The lowest BCUT2D eigenvalue weighted by Gasteiger charge is -2.02. The van der Waals surface area contributed by atoms with Crippen molar-refractivity contribution in [1.29, 1.82) is 0 Å². The summed E-state index contributed by atoms with van der Waals surface area (Å²) in [5.74, 6) is 2.00. The van der Waals surface area contributed by atoms with Gasteiger partial charge in [-0.15, -0.1) is 6.42 Å². The van der Waals surface area contributed by atoms with Gasteiger partial charge in [-0.1, -0.05) is 12.0 Å². The van der Waals surface area contributed by atoms with Crippen molar-refractivity contribution in [3.8, 4) is 12.3 Å². The summed E-state index contributed by atoms with van der Waals surface area (Å²) in [6.45, 7) is 0.433. The number of primary amides is 1. The summed E-state index contributed by atoms with van der Waals surface area (Å²) in [6, 6.07) is 6.89. The van der Waals surface area contributed by atoms with E-state index in [-0.39, 0.29) is 0 Å². The van der Waals surface area contributed by atoms with Gasteiger partial charge < -0.3 is 11.1 Å². The number of rotatable bonds is 3. The van der Waals surface area contributed by atoms with E-state index in [0.717, 1.165) is 5.69 Å². The highest BCUT2D eigenvalue weighted by atomic mass is 16.1. The lowest BCUT2D eigenvalue weighted by atomic mass is 10.2. The monoisotopic (exact) mass is 174 g/mol. The lowest BCUT2D eigenvalue weighted by Crippen LogP contribution is -2.11. The number of amides is 1. The second-order valence-corrected chi connectivity index (χ2v) is 2.50. The Bertz CT molecular complexity index is 352. The third kappa shape index (κ3) is 2.53. The van der Waals surface area contributed by atoms with Crippen LogP contribution in [0.25, 0.3) is 0 Å². The lowest BCUT2D eigenvalue weighted by molar-refractivity contribution is 0.100. The summed E-state index contributed by atoms with van der Waals surface area (Å²) in [5, 5.41) is 2.95. The summed E-state index contributed by atoms with van der Waals surface area (Å²) >= 11 is 0. The molecule has 1 aromatic rings. The average molecular weight is 174 g/mol. The predicted octanol–water partition coefficient (Wildman–Crippen LogP) is 0.831. The average Bonchev–Trinajstić information content (AvgIpc) is 2.15. The molecule has 1 amide bonds. The number of carbonyl (C=O) groups is 1. The van der Waals surface area contributed by atoms with E-state index in [1.165, 1.54) is 0 Å². The Kier molecular flexibility index (Phi) is 2.93. The van der Waals surface area contributed by atoms with Crippen LogP contribution in [0, 0.1) is 12.3 Å². The van der Waals surface area contributed by atoms with Crippen LogP contribution in [-0.4, -0.2) is 12.5 Å². The summed E-state index contributed by atoms with van der Waals surface area (Å²) in [6.07, 6.45) is 5.07. The van der Waals surface area contributed by atoms with Crippen molar-refractivity contribution in [2.75, 3.05) is 11.9 Å². The molecule has 3 N–H and O–H groups in total. The fourth-order valence-corrected chi connectivity index (χ4v) is 0.936. The molecule has 0 atom stereocenters. The molecule has 0 fully saturated rings. The van der Waals surface area contributed by atoms with E-state index >= 15 is 0 Å². The Morgan fingerprint density at radius 3 is 3.00 bits per heavy atom. The van der Waals surface area contributed by atoms with Crippen molar-refractivity contribution in [3.63, 3.8) is 0 Å². The van der Waals surface area contributed by atoms with Crippen LogP contribution < -0.4 is 11.1 Å². The van der Waals surface area contributed by atoms with E-state index in [0.29, 0.717) is 12.1 Å². The smallest absolute Gasteiger partial charge is 0.248 e. The van der Waals surface area contributed by atoms with E-state index in [4.69, 9.17) is 12.2 Å². The fraction of sp³-hybridized carbons (Fsp3) is 0.100. The van der Waals surface area contributed by atoms with E-state index in [1.54, 1.807) is 18.2 Å². The third-order valence-corrected chi connectivity index (χ3v) is 1.54. The molecule has 3 nitrogen and oxygen atoms in total. The molecule has 0 heterocycles. The molecule has 66 valence electrons. The van der Waals surface area contributed by atoms with Crippen LogP contribution in [0.3, 0.4) is 0 Å². The topological polar surface area (TPSA) is 55.1 Å². The molecular weight excluding hydrogens is 164 g/mol. The van der Waals surface area contributed by atoms with Gasteiger partial charge in [-0.25, -0.2) is 0 Å². The first-order valence-electron chi connectivity index (χ1n) is 3.81. The molecule has 0 unspecified atom stereocenters. The number of hydrogen-bond acceptors (Lipinski definition) is 2. The van der Waals surface area contributed by atoms with Gasteiger partial charge in [-0.2, -0.15) is 0 Å². The minimum absolute atomic E-state index is 0.433. The minimum atomic E-state index is -0.440. The van der Waals surface area contributed by atoms with Crippen molar-refractivity contribution < 1.29 is 4.79 Å². The maximum absolute atomic E-state index is 10.8. The normalized spacial score (nSPS) is 8.85. The second kappa shape index (κ2) is 4.17. The van der Waals surface area contributed by atoms with E-state index in [1.807, 2.05) is 6.07 Å². The van der Waals surface area contributed by atoms with Gasteiger partial charge >= 0.3 is 0 Å². The molecule has 0 bridgehead atoms. The molecule has 3 heteroatoms. The number of terminal acetylenes is 1. The van der Waals surface area contributed by atoms with Crippen LogP contribution in [-0.2, 0) is 0 Å². The van der Waals surface area contributed by atoms with Crippen molar-refractivity contribution in [2.45, 2.75) is 0 Å². The highest BCUT2D eigenvalue weighted by Crippen LogP contribution is 2.09. The van der Waals surface area contributed by atoms with Crippen LogP contribution in [0.2, 0.25) is 0 Å². The van der Waals surface area contributed by atoms with Gasteiger partial charge in [-0.3, -0.25) is 4.79 Å². The molecule has 0 saturated carbocycles. The maximum atomic E-state index is 10.8. The third-order valence-electron chi connectivity index (χ3n) is 1.54. The standard InChI is InChI=1S/C10H10N2O/c1-2-6-12-9-5-3-4-8(7-9)10(11)13/h1,3-5,7,12H,6H2,(H2,11,13). The van der Waals surface area contributed by atoms with Crippen molar-refractivity contribution in [1.82, 2.24) is 0 Å². The number of nitrogens with two attached hydrogens (primary N) is 1. The molecule has 1 rings (SSSR count). The van der Waals surface area contributed by atoms with E-state index in [2.05, 4.69) is 11.2 Å². The molecule has 0 aliphatic rings. The van der Waals surface area contributed by atoms with Gasteiger partial charge in [0, 0.05) is 11.3 Å². The zero-order chi connectivity index (χ0) is 9.68. The van der Waals surface area contributed by atoms with Crippen molar-refractivity contribution in [3.05, 3.63) is 29.8 Å². The van der Waals surface area contributed by atoms with Gasteiger partial charge in [0.2, 0.25) is 5.91 Å². The highest BCUT2D eigenvalue weighted by molar-refractivity contribution is 5.93. The van der Waals surface area contributed by atoms with Crippen LogP contribution in [0.15, 0.2) is 24.3 Å². The Hall–Kier alpha value is -1.95. The molecule has 0 radical (unpaired) electrons. The highest BCUT2D eigenvalue weighted by Gasteiger charge is 1.99. The van der Waals surface area contributed by atoms with Gasteiger partial charge in [0.1, 0.15) is 0 Å². The summed E-state index contributed by atoms with van der Waals surface area (Å²) in [7, 11) is 0. The van der Waals surface area contributed by atoms with Crippen molar-refractivity contribution in [2.24, 2.45) is 5.73 Å². The molecule has 1 aromatic carbocycles. The number of carbonyl (C=O) groups excluding carboxylic acids is 1. The summed E-state index contributed by atoms with van der Waals surface area (Å²) in [5.41, 5.74) is 6.38. The number of hydrogen-bond donors (Lipinski definition) is 2. The van der Waals surface area contributed by atoms with Gasteiger partial charge in [0.15, 0.2) is 0 Å². The molecule has 0 aromatic heterocycles. The zero-order valence-electron chi connectivity index (χ0n) is 7.08. The van der Waals surface area contributed by atoms with Crippen LogP contribution in [0.4, 0.5) is 5.69 Å². The van der Waals surface area contributed by atoms with Gasteiger partial charge in [0.05, 0.1) is 6.54 Å². The molecule has 0 spiro atoms. The van der Waals surface area contributed by atoms with Gasteiger partial charge in [-0.05, 0) is 18.2 Å². The summed E-state index contributed by atoms with van der Waals surface area (Å²) in [4.78, 5) is 10.8. The predicted molar refractivity (Wildman–Crippen MR) is 52.3 cm³/mol. The van der Waals surface area contributed by atoms with Crippen molar-refractivity contribution >= 4 is 11.6 Å². The van der Waals surface area contributed by atoms with Gasteiger partial charge in [0.25, 0.3) is 0 Å². The van der Waals surface area contributed by atoms with Crippen LogP contribution in [0.5, 0.6) is 0 Å². The SMILES string of the molecule is C#CCNc1cccc(C(N)=O)c1. The number of anilines is 1. The number of nitrogens with one attached hydrogen (secondary N) is 1. The Morgan fingerprint density at radius 2 is 2.38 bits per heavy atom. The van der Waals surface area contributed by atoms with E-state index in [9.17, 15) is 4.79 Å². The fourth-order valence-electron chi connectivity index (χ4n) is 0.936. The molecule has 0 saturated heterocycles. The Morgan fingerprint density at radius 1 is 1.62 bits per heavy atom. The Balaban J connectivity index is 2.80. The second-order valence-electron chi connectivity index (χ2n) is 2.50. The maximum Gasteiger partial charge on any atom is 0.248 e. The molecule has 13 heavy (non-hydrogen) atoms. The van der Waals surface area contributed by atoms with Crippen LogP contribution >= 0.6 is 0 Å². The molecular formula is C10H10N2O. The summed E-state index contributed by atoms with van der Waals surface area (Å²) < 4.78 is 0. The first-order chi connectivity index (χ1) is 6.24. The Labute approximate surface area is 76.9 Å². The van der Waals surface area contributed by atoms with Crippen LogP contribution in [0.1, 0.15) is 10.4 Å². The van der Waals surface area contributed by atoms with E-state index < -0.39 is 5.91 Å².